The van der Waals surface area contributed by atoms with Gasteiger partial charge in [-0.1, -0.05) is 29.5 Å². The number of nitro benzene ring substituents is 1. The number of carbonyl (C=O) groups excluding carboxylic acids is 1. The van der Waals surface area contributed by atoms with E-state index in [-0.39, 0.29) is 24.5 Å². The summed E-state index contributed by atoms with van der Waals surface area (Å²) >= 11 is 2.59. The summed E-state index contributed by atoms with van der Waals surface area (Å²) in [6, 6.07) is 9.07. The van der Waals surface area contributed by atoms with Crippen molar-refractivity contribution < 1.29 is 19.2 Å². The number of allylic oxidation sites excluding steroid dienone is 1. The average molecular weight is 486 g/mol. The summed E-state index contributed by atoms with van der Waals surface area (Å²) < 4.78 is 12.1. The van der Waals surface area contributed by atoms with Gasteiger partial charge in [0.25, 0.3) is 11.2 Å². The standard InChI is InChI=1S/C22H19N3O6S2/c1-13-18(21(27)31-9-8-30-2)19(16-7-4-10-32-16)24-20(26)17(33-22(24)23-13)12-14-5-3-6-15(11-14)25(28)29/h3-7,10-12,19H,8-9H2,1-2H3/b17-12+. The molecule has 0 bridgehead atoms. The van der Waals surface area contributed by atoms with Gasteiger partial charge in [-0.3, -0.25) is 19.5 Å². The summed E-state index contributed by atoms with van der Waals surface area (Å²) in [6.45, 7) is 2.05. The molecule has 4 rings (SSSR count). The van der Waals surface area contributed by atoms with Gasteiger partial charge in [0.05, 0.1) is 27.3 Å². The Balaban J connectivity index is 1.85. The molecule has 0 amide bonds. The van der Waals surface area contributed by atoms with Crippen molar-refractivity contribution in [2.75, 3.05) is 20.3 Å². The van der Waals surface area contributed by atoms with Gasteiger partial charge in [-0.15, -0.1) is 11.3 Å². The number of hydrogen-bond acceptors (Lipinski definition) is 9. The summed E-state index contributed by atoms with van der Waals surface area (Å²) in [5.74, 6) is -0.556. The van der Waals surface area contributed by atoms with Crippen LogP contribution in [0.25, 0.3) is 6.08 Å². The van der Waals surface area contributed by atoms with Crippen molar-refractivity contribution in [2.45, 2.75) is 13.0 Å². The van der Waals surface area contributed by atoms with Crippen LogP contribution in [-0.2, 0) is 14.3 Å². The van der Waals surface area contributed by atoms with Crippen molar-refractivity contribution in [1.29, 1.82) is 0 Å². The van der Waals surface area contributed by atoms with Crippen LogP contribution in [0.3, 0.4) is 0 Å². The zero-order valence-electron chi connectivity index (χ0n) is 17.7. The van der Waals surface area contributed by atoms with Crippen LogP contribution in [0.5, 0.6) is 0 Å². The normalized spacial score (nSPS) is 15.8. The first kappa shape index (κ1) is 22.8. The van der Waals surface area contributed by atoms with Gasteiger partial charge in [-0.2, -0.15) is 0 Å². The number of hydrogen-bond donors (Lipinski definition) is 0. The van der Waals surface area contributed by atoms with E-state index in [1.165, 1.54) is 46.5 Å². The fraction of sp³-hybridized carbons (Fsp3) is 0.227. The zero-order chi connectivity index (χ0) is 23.5. The van der Waals surface area contributed by atoms with Crippen LogP contribution in [0.15, 0.2) is 62.8 Å². The number of nitrogens with zero attached hydrogens (tertiary/aromatic N) is 3. The topological polar surface area (TPSA) is 113 Å². The lowest BCUT2D eigenvalue weighted by Crippen LogP contribution is -2.39. The maximum Gasteiger partial charge on any atom is 0.338 e. The predicted octanol–water partition coefficient (Wildman–Crippen LogP) is 2.39. The van der Waals surface area contributed by atoms with Crippen LogP contribution in [0.1, 0.15) is 23.4 Å². The van der Waals surface area contributed by atoms with E-state index in [1.54, 1.807) is 25.1 Å². The number of methoxy groups -OCH3 is 1. The Kier molecular flexibility index (Phi) is 6.63. The first-order valence-electron chi connectivity index (χ1n) is 9.87. The van der Waals surface area contributed by atoms with Crippen molar-refractivity contribution >= 4 is 40.4 Å². The second-order valence-electron chi connectivity index (χ2n) is 7.08. The van der Waals surface area contributed by atoms with Gasteiger partial charge in [0.1, 0.15) is 12.6 Å². The van der Waals surface area contributed by atoms with Gasteiger partial charge < -0.3 is 9.47 Å². The Labute approximate surface area is 195 Å². The first-order valence-corrected chi connectivity index (χ1v) is 11.6. The molecule has 0 fully saturated rings. The molecule has 1 aromatic carbocycles. The minimum atomic E-state index is -0.677. The molecule has 170 valence electrons. The molecule has 0 saturated heterocycles. The van der Waals surface area contributed by atoms with Crippen molar-refractivity contribution in [1.82, 2.24) is 4.57 Å². The molecule has 0 N–H and O–H groups in total. The molecule has 1 atom stereocenters. The summed E-state index contributed by atoms with van der Waals surface area (Å²) in [7, 11) is 1.51. The summed E-state index contributed by atoms with van der Waals surface area (Å²) in [5.41, 5.74) is 0.891. The molecule has 33 heavy (non-hydrogen) atoms. The molecule has 1 aliphatic rings. The van der Waals surface area contributed by atoms with Crippen molar-refractivity contribution in [3.8, 4) is 0 Å². The molecular weight excluding hydrogens is 466 g/mol. The van der Waals surface area contributed by atoms with Gasteiger partial charge in [0.2, 0.25) is 0 Å². The maximum absolute atomic E-state index is 13.4. The fourth-order valence-corrected chi connectivity index (χ4v) is 5.34. The summed E-state index contributed by atoms with van der Waals surface area (Å²) in [4.78, 5) is 42.7. The Morgan fingerprint density at radius 1 is 1.30 bits per heavy atom. The number of thiophene rings is 1. The molecule has 11 heteroatoms. The Hall–Kier alpha value is -3.41. The van der Waals surface area contributed by atoms with Gasteiger partial charge in [0.15, 0.2) is 4.80 Å². The van der Waals surface area contributed by atoms with E-state index in [2.05, 4.69) is 4.99 Å². The SMILES string of the molecule is COCCOC(=O)C1=C(C)N=c2s/c(=C/c3cccc([N+](=O)[O-])c3)c(=O)n2C1c1cccs1. The summed E-state index contributed by atoms with van der Waals surface area (Å²) in [5, 5.41) is 13.0. The van der Waals surface area contributed by atoms with Crippen LogP contribution >= 0.6 is 22.7 Å². The summed E-state index contributed by atoms with van der Waals surface area (Å²) in [6.07, 6.45) is 1.60. The highest BCUT2D eigenvalue weighted by atomic mass is 32.1. The maximum atomic E-state index is 13.4. The minimum Gasteiger partial charge on any atom is -0.460 e. The molecule has 1 aliphatic heterocycles. The highest BCUT2D eigenvalue weighted by Crippen LogP contribution is 2.33. The lowest BCUT2D eigenvalue weighted by atomic mass is 10.0. The van der Waals surface area contributed by atoms with Crippen molar-refractivity contribution in [2.24, 2.45) is 4.99 Å². The molecule has 0 radical (unpaired) electrons. The van der Waals surface area contributed by atoms with E-state index in [9.17, 15) is 19.7 Å². The third kappa shape index (κ3) is 4.56. The average Bonchev–Trinajstić information content (AvgIpc) is 3.42. The highest BCUT2D eigenvalue weighted by molar-refractivity contribution is 7.10. The molecule has 0 aliphatic carbocycles. The largest absolute Gasteiger partial charge is 0.460 e. The van der Waals surface area contributed by atoms with Gasteiger partial charge >= 0.3 is 5.97 Å². The van der Waals surface area contributed by atoms with Crippen LogP contribution in [-0.4, -0.2) is 35.8 Å². The zero-order valence-corrected chi connectivity index (χ0v) is 19.4. The first-order chi connectivity index (χ1) is 15.9. The molecule has 0 spiro atoms. The van der Waals surface area contributed by atoms with E-state index in [4.69, 9.17) is 9.47 Å². The van der Waals surface area contributed by atoms with Crippen LogP contribution in [0.4, 0.5) is 5.69 Å². The third-order valence-electron chi connectivity index (χ3n) is 4.95. The number of rotatable bonds is 7. The van der Waals surface area contributed by atoms with E-state index >= 15 is 0 Å². The molecule has 2 aromatic heterocycles. The van der Waals surface area contributed by atoms with E-state index in [0.717, 1.165) is 4.88 Å². The highest BCUT2D eigenvalue weighted by Gasteiger charge is 2.34. The van der Waals surface area contributed by atoms with Crippen LogP contribution < -0.4 is 14.9 Å². The number of non-ortho nitro benzene ring substituents is 1. The van der Waals surface area contributed by atoms with Crippen LogP contribution in [0, 0.1) is 10.1 Å². The smallest absolute Gasteiger partial charge is 0.338 e. The lowest BCUT2D eigenvalue weighted by molar-refractivity contribution is -0.384. The Morgan fingerprint density at radius 3 is 2.82 bits per heavy atom. The predicted molar refractivity (Wildman–Crippen MR) is 124 cm³/mol. The second-order valence-corrected chi connectivity index (χ2v) is 9.07. The van der Waals surface area contributed by atoms with Gasteiger partial charge in [-0.25, -0.2) is 9.79 Å². The third-order valence-corrected chi connectivity index (χ3v) is 6.86. The minimum absolute atomic E-state index is 0.0649. The number of esters is 1. The van der Waals surface area contributed by atoms with Crippen molar-refractivity contribution in [3.63, 3.8) is 0 Å². The number of nitro groups is 1. The Morgan fingerprint density at radius 2 is 2.12 bits per heavy atom. The molecule has 3 heterocycles. The van der Waals surface area contributed by atoms with Gasteiger partial charge in [-0.05, 0) is 30.0 Å². The van der Waals surface area contributed by atoms with Crippen molar-refractivity contribution in [3.05, 3.63) is 93.3 Å². The number of ether oxygens (including phenoxy) is 2. The Bertz CT molecular complexity index is 1420. The molecule has 0 saturated carbocycles. The van der Waals surface area contributed by atoms with Gasteiger partial charge in [0, 0.05) is 24.1 Å². The van der Waals surface area contributed by atoms with E-state index in [0.29, 0.717) is 26.2 Å². The van der Waals surface area contributed by atoms with E-state index in [1.807, 2.05) is 17.5 Å². The number of benzene rings is 1. The molecule has 1 unspecified atom stereocenters. The van der Waals surface area contributed by atoms with Crippen LogP contribution in [0.2, 0.25) is 0 Å². The molecule has 9 nitrogen and oxygen atoms in total. The lowest BCUT2D eigenvalue weighted by Gasteiger charge is -2.23. The second kappa shape index (κ2) is 9.61. The monoisotopic (exact) mass is 485 g/mol. The number of aromatic nitrogens is 1. The molecule has 3 aromatic rings. The number of carbonyl (C=O) groups is 1. The van der Waals surface area contributed by atoms with E-state index < -0.39 is 16.9 Å². The number of fused-ring (bicyclic) bond motifs is 1. The quantitative estimate of drug-likeness (QED) is 0.220. The number of thiazole rings is 1. The fourth-order valence-electron chi connectivity index (χ4n) is 3.47. The molecular formula is C22H19N3O6S2.